The Labute approximate surface area is 148 Å². The Morgan fingerprint density at radius 3 is 2.42 bits per heavy atom. The van der Waals surface area contributed by atoms with Gasteiger partial charge in [0, 0.05) is 20.5 Å². The summed E-state index contributed by atoms with van der Waals surface area (Å²) >= 11 is 0. The second kappa shape index (κ2) is 7.20. The lowest BCUT2D eigenvalue weighted by Crippen LogP contribution is -2.65. The van der Waals surface area contributed by atoms with Crippen LogP contribution < -0.4 is 0 Å². The summed E-state index contributed by atoms with van der Waals surface area (Å²) in [6, 6.07) is 0. The van der Waals surface area contributed by atoms with Crippen LogP contribution in [0.3, 0.4) is 0 Å². The van der Waals surface area contributed by atoms with Gasteiger partial charge in [-0.25, -0.2) is 22.4 Å². The van der Waals surface area contributed by atoms with Crippen molar-refractivity contribution in [3.63, 3.8) is 0 Å². The Balaban J connectivity index is 2.41. The number of halogens is 6. The number of carbonyl (C=O) groups is 1. The first-order chi connectivity index (χ1) is 11.9. The lowest BCUT2D eigenvalue weighted by atomic mass is 9.58. The minimum atomic E-state index is -3.81. The van der Waals surface area contributed by atoms with Gasteiger partial charge in [0.15, 0.2) is 18.0 Å². The Bertz CT molecular complexity index is 527. The molecule has 0 spiro atoms. The first kappa shape index (κ1) is 21.3. The maximum absolute atomic E-state index is 15.6. The summed E-state index contributed by atoms with van der Waals surface area (Å²) in [5, 5.41) is 0. The number of ether oxygens (including phenoxy) is 2. The second-order valence-electron chi connectivity index (χ2n) is 7.80. The van der Waals surface area contributed by atoms with E-state index in [0.717, 1.165) is 7.11 Å². The Morgan fingerprint density at radius 1 is 1.31 bits per heavy atom. The average molecular weight is 390 g/mol. The van der Waals surface area contributed by atoms with Gasteiger partial charge in [-0.2, -0.15) is 8.78 Å². The molecule has 0 saturated heterocycles. The molecule has 0 amide bonds. The summed E-state index contributed by atoms with van der Waals surface area (Å²) in [6.45, 7) is 0.380. The summed E-state index contributed by atoms with van der Waals surface area (Å²) in [6.07, 6.45) is -7.44. The van der Waals surface area contributed by atoms with E-state index in [2.05, 4.69) is 0 Å². The Hall–Kier alpha value is -0.990. The molecule has 7 unspecified atom stereocenters. The van der Waals surface area contributed by atoms with Gasteiger partial charge in [-0.15, -0.1) is 0 Å². The van der Waals surface area contributed by atoms with Crippen molar-refractivity contribution in [2.45, 2.75) is 75.2 Å². The van der Waals surface area contributed by atoms with Crippen LogP contribution in [0, 0.1) is 11.8 Å². The van der Waals surface area contributed by atoms with Crippen LogP contribution in [0.4, 0.5) is 26.3 Å². The monoisotopic (exact) mass is 390 g/mol. The third-order valence-corrected chi connectivity index (χ3v) is 5.40. The fourth-order valence-corrected chi connectivity index (χ4v) is 4.67. The van der Waals surface area contributed by atoms with Crippen LogP contribution in [0.5, 0.6) is 0 Å². The highest BCUT2D eigenvalue weighted by atomic mass is 19.3. The summed E-state index contributed by atoms with van der Waals surface area (Å²) in [7, 11) is 1.13. The predicted molar refractivity (Wildman–Crippen MR) is 81.0 cm³/mol. The standard InChI is InChI=1S/C17H24F6O3/c1-9-4-10-6-16(5-9,26-14(24)15(2,21)22)8-17(23,13(10)25-3)12(20)11(19)7-18/h9-13H,4-8H2,1-3H3. The number of fused-ring (bicyclic) bond motifs is 2. The first-order valence-corrected chi connectivity index (χ1v) is 8.55. The van der Waals surface area contributed by atoms with Gasteiger partial charge in [-0.1, -0.05) is 6.92 Å². The Morgan fingerprint density at radius 2 is 1.92 bits per heavy atom. The zero-order valence-corrected chi connectivity index (χ0v) is 14.9. The highest BCUT2D eigenvalue weighted by molar-refractivity contribution is 5.77. The molecule has 3 nitrogen and oxygen atoms in total. The lowest BCUT2D eigenvalue weighted by molar-refractivity contribution is -0.238. The minimum absolute atomic E-state index is 0.00261. The molecule has 26 heavy (non-hydrogen) atoms. The van der Waals surface area contributed by atoms with E-state index >= 15 is 4.39 Å². The normalized spacial score (nSPS) is 40.0. The maximum atomic E-state index is 15.6. The zero-order valence-electron chi connectivity index (χ0n) is 14.9. The van der Waals surface area contributed by atoms with Crippen molar-refractivity contribution < 1.29 is 40.6 Å². The third kappa shape index (κ3) is 3.82. The molecule has 0 radical (unpaired) electrons. The van der Waals surface area contributed by atoms with E-state index in [1.807, 2.05) is 0 Å². The number of rotatable bonds is 6. The van der Waals surface area contributed by atoms with Crippen LogP contribution in [-0.2, 0) is 14.3 Å². The van der Waals surface area contributed by atoms with Crippen molar-refractivity contribution in [3.8, 4) is 0 Å². The van der Waals surface area contributed by atoms with Gasteiger partial charge in [0.1, 0.15) is 12.3 Å². The van der Waals surface area contributed by atoms with Crippen LogP contribution in [0.25, 0.3) is 0 Å². The fourth-order valence-electron chi connectivity index (χ4n) is 4.67. The molecule has 2 saturated carbocycles. The third-order valence-electron chi connectivity index (χ3n) is 5.40. The summed E-state index contributed by atoms with van der Waals surface area (Å²) < 4.78 is 93.0. The molecular weight excluding hydrogens is 366 g/mol. The molecule has 0 N–H and O–H groups in total. The second-order valence-corrected chi connectivity index (χ2v) is 7.80. The molecule has 2 bridgehead atoms. The molecule has 0 aromatic rings. The van der Waals surface area contributed by atoms with E-state index < -0.39 is 60.6 Å². The fraction of sp³-hybridized carbons (Fsp3) is 0.941. The van der Waals surface area contributed by atoms with Gasteiger partial charge in [0.2, 0.25) is 0 Å². The molecule has 2 fully saturated rings. The first-order valence-electron chi connectivity index (χ1n) is 8.55. The van der Waals surface area contributed by atoms with E-state index in [1.54, 1.807) is 6.92 Å². The number of alkyl halides is 6. The molecule has 0 aromatic carbocycles. The van der Waals surface area contributed by atoms with Gasteiger partial charge in [0.05, 0.1) is 6.10 Å². The van der Waals surface area contributed by atoms with E-state index in [-0.39, 0.29) is 18.8 Å². The van der Waals surface area contributed by atoms with Crippen molar-refractivity contribution in [2.75, 3.05) is 13.8 Å². The summed E-state index contributed by atoms with van der Waals surface area (Å²) in [5.41, 5.74) is -4.70. The van der Waals surface area contributed by atoms with Gasteiger partial charge in [-0.05, 0) is 31.1 Å². The zero-order chi connectivity index (χ0) is 19.9. The number of hydrogen-bond acceptors (Lipinski definition) is 3. The molecule has 0 aromatic heterocycles. The predicted octanol–water partition coefficient (Wildman–Crippen LogP) is 4.13. The van der Waals surface area contributed by atoms with Crippen LogP contribution in [0.2, 0.25) is 0 Å². The number of hydrogen-bond donors (Lipinski definition) is 0. The van der Waals surface area contributed by atoms with Crippen LogP contribution in [-0.4, -0.2) is 55.4 Å². The van der Waals surface area contributed by atoms with Crippen molar-refractivity contribution in [1.29, 1.82) is 0 Å². The molecule has 0 aliphatic heterocycles. The SMILES string of the molecule is COC1C2CC(C)CC(OC(=O)C(C)(F)F)(C2)CC1(F)C(F)C(F)CF. The van der Waals surface area contributed by atoms with Crippen molar-refractivity contribution in [3.05, 3.63) is 0 Å². The smallest absolute Gasteiger partial charge is 0.377 e. The topological polar surface area (TPSA) is 35.5 Å². The largest absolute Gasteiger partial charge is 0.455 e. The van der Waals surface area contributed by atoms with Crippen LogP contribution in [0.15, 0.2) is 0 Å². The van der Waals surface area contributed by atoms with Crippen molar-refractivity contribution >= 4 is 5.97 Å². The van der Waals surface area contributed by atoms with Crippen molar-refractivity contribution in [2.24, 2.45) is 11.8 Å². The van der Waals surface area contributed by atoms with Gasteiger partial charge in [-0.3, -0.25) is 0 Å². The van der Waals surface area contributed by atoms with Gasteiger partial charge >= 0.3 is 11.9 Å². The van der Waals surface area contributed by atoms with E-state index in [1.165, 1.54) is 0 Å². The highest BCUT2D eigenvalue weighted by Gasteiger charge is 2.65. The molecule has 2 aliphatic rings. The van der Waals surface area contributed by atoms with Crippen LogP contribution >= 0.6 is 0 Å². The molecule has 2 rings (SSSR count). The summed E-state index contributed by atoms with van der Waals surface area (Å²) in [4.78, 5) is 11.7. The number of carbonyl (C=O) groups excluding carboxylic acids is 1. The number of methoxy groups -OCH3 is 1. The van der Waals surface area contributed by atoms with E-state index in [4.69, 9.17) is 9.47 Å². The Kier molecular flexibility index (Phi) is 5.90. The molecule has 2 aliphatic carbocycles. The number of esters is 1. The molecular formula is C17H24F6O3. The van der Waals surface area contributed by atoms with Gasteiger partial charge < -0.3 is 9.47 Å². The average Bonchev–Trinajstić information content (AvgIpc) is 2.51. The quantitative estimate of drug-likeness (QED) is 0.505. The molecule has 152 valence electrons. The maximum Gasteiger partial charge on any atom is 0.377 e. The minimum Gasteiger partial charge on any atom is -0.455 e. The molecule has 7 atom stereocenters. The summed E-state index contributed by atoms with van der Waals surface area (Å²) in [5.74, 6) is -6.46. The highest BCUT2D eigenvalue weighted by Crippen LogP contribution is 2.55. The lowest BCUT2D eigenvalue weighted by Gasteiger charge is -2.55. The van der Waals surface area contributed by atoms with Gasteiger partial charge in [0.25, 0.3) is 0 Å². The van der Waals surface area contributed by atoms with Crippen LogP contribution in [0.1, 0.15) is 39.5 Å². The van der Waals surface area contributed by atoms with E-state index in [0.29, 0.717) is 13.3 Å². The molecule has 9 heteroatoms. The molecule has 0 heterocycles. The van der Waals surface area contributed by atoms with E-state index in [9.17, 15) is 26.7 Å². The van der Waals surface area contributed by atoms with Crippen molar-refractivity contribution in [1.82, 2.24) is 0 Å².